The van der Waals surface area contributed by atoms with E-state index >= 15 is 0 Å². The van der Waals surface area contributed by atoms with Gasteiger partial charge in [0.2, 0.25) is 0 Å². The van der Waals surface area contributed by atoms with Gasteiger partial charge in [-0.3, -0.25) is 4.98 Å². The Balaban J connectivity index is 2.29. The Hall–Kier alpha value is -2.42. The van der Waals surface area contributed by atoms with Gasteiger partial charge in [-0.15, -0.1) is 0 Å². The highest BCUT2D eigenvalue weighted by molar-refractivity contribution is 5.94. The lowest BCUT2D eigenvalue weighted by Gasteiger charge is -2.10. The summed E-state index contributed by atoms with van der Waals surface area (Å²) in [5, 5.41) is 0.996. The molecule has 0 unspecified atom stereocenters. The molecule has 0 spiro atoms. The molecular weight excluding hydrogens is 234 g/mol. The summed E-state index contributed by atoms with van der Waals surface area (Å²) in [5.74, 6) is 0. The number of anilines is 1. The Morgan fingerprint density at radius 3 is 2.53 bits per heavy atom. The molecule has 2 heterocycles. The molecule has 0 saturated carbocycles. The van der Waals surface area contributed by atoms with Gasteiger partial charge in [-0.05, 0) is 31.5 Å². The minimum absolute atomic E-state index is 0.781. The van der Waals surface area contributed by atoms with Gasteiger partial charge in [0, 0.05) is 22.8 Å². The second-order valence-corrected chi connectivity index (χ2v) is 4.74. The van der Waals surface area contributed by atoms with Crippen LogP contribution in [0.4, 0.5) is 5.69 Å². The van der Waals surface area contributed by atoms with Gasteiger partial charge >= 0.3 is 0 Å². The number of aryl methyl sites for hydroxylation is 1. The Bertz CT molecular complexity index is 746. The lowest BCUT2D eigenvalue weighted by atomic mass is 10.0. The third kappa shape index (κ3) is 1.93. The summed E-state index contributed by atoms with van der Waals surface area (Å²) in [6.45, 7) is 4.01. The largest absolute Gasteiger partial charge is 0.398 e. The van der Waals surface area contributed by atoms with Gasteiger partial charge in [0.1, 0.15) is 0 Å². The van der Waals surface area contributed by atoms with Gasteiger partial charge in [-0.25, -0.2) is 4.98 Å². The van der Waals surface area contributed by atoms with Crippen molar-refractivity contribution in [2.45, 2.75) is 13.8 Å². The Labute approximate surface area is 112 Å². The van der Waals surface area contributed by atoms with Crippen molar-refractivity contribution < 1.29 is 0 Å². The first-order valence-corrected chi connectivity index (χ1v) is 6.24. The number of nitrogens with zero attached hydrogens (tertiary/aromatic N) is 2. The standard InChI is InChI=1S/C16H15N3/c1-10-7-8-14(18-9-10)16-11(2)15(17)12-5-3-4-6-13(12)19-16/h3-9H,1-2H3,(H2,17,19). The molecular formula is C16H15N3. The molecule has 2 aromatic heterocycles. The molecule has 3 nitrogen and oxygen atoms in total. The topological polar surface area (TPSA) is 51.8 Å². The first-order valence-electron chi connectivity index (χ1n) is 6.24. The van der Waals surface area contributed by atoms with Crippen LogP contribution < -0.4 is 5.73 Å². The number of para-hydroxylation sites is 1. The van der Waals surface area contributed by atoms with E-state index in [0.29, 0.717) is 0 Å². The van der Waals surface area contributed by atoms with E-state index in [0.717, 1.165) is 39.1 Å². The molecule has 94 valence electrons. The van der Waals surface area contributed by atoms with Crippen LogP contribution in [0.2, 0.25) is 0 Å². The molecule has 0 saturated heterocycles. The summed E-state index contributed by atoms with van der Waals surface area (Å²) in [4.78, 5) is 9.13. The van der Waals surface area contributed by atoms with Crippen molar-refractivity contribution in [1.82, 2.24) is 9.97 Å². The first kappa shape index (κ1) is 11.7. The molecule has 19 heavy (non-hydrogen) atoms. The normalized spacial score (nSPS) is 10.8. The number of aromatic nitrogens is 2. The quantitative estimate of drug-likeness (QED) is 0.718. The number of nitrogens with two attached hydrogens (primary N) is 1. The van der Waals surface area contributed by atoms with Crippen LogP contribution in [-0.4, -0.2) is 9.97 Å². The molecule has 0 amide bonds. The molecule has 0 fully saturated rings. The van der Waals surface area contributed by atoms with E-state index < -0.39 is 0 Å². The van der Waals surface area contributed by atoms with Crippen LogP contribution in [0.15, 0.2) is 42.6 Å². The molecule has 0 aliphatic rings. The summed E-state index contributed by atoms with van der Waals surface area (Å²) in [6.07, 6.45) is 1.85. The maximum atomic E-state index is 6.22. The minimum Gasteiger partial charge on any atom is -0.398 e. The van der Waals surface area contributed by atoms with Crippen LogP contribution >= 0.6 is 0 Å². The molecule has 1 aromatic carbocycles. The van der Waals surface area contributed by atoms with Gasteiger partial charge < -0.3 is 5.73 Å². The fraction of sp³-hybridized carbons (Fsp3) is 0.125. The van der Waals surface area contributed by atoms with Gasteiger partial charge in [-0.2, -0.15) is 0 Å². The lowest BCUT2D eigenvalue weighted by Crippen LogP contribution is -1.99. The molecule has 0 radical (unpaired) electrons. The average molecular weight is 249 g/mol. The van der Waals surface area contributed by atoms with Crippen molar-refractivity contribution >= 4 is 16.6 Å². The second-order valence-electron chi connectivity index (χ2n) is 4.74. The SMILES string of the molecule is Cc1ccc(-c2nc3ccccc3c(N)c2C)nc1. The maximum absolute atomic E-state index is 6.22. The lowest BCUT2D eigenvalue weighted by molar-refractivity contribution is 1.22. The van der Waals surface area contributed by atoms with Crippen LogP contribution in [-0.2, 0) is 0 Å². The number of benzene rings is 1. The third-order valence-electron chi connectivity index (χ3n) is 3.34. The highest BCUT2D eigenvalue weighted by Gasteiger charge is 2.11. The average Bonchev–Trinajstić information content (AvgIpc) is 2.44. The molecule has 0 bridgehead atoms. The number of pyridine rings is 2. The van der Waals surface area contributed by atoms with Crippen molar-refractivity contribution in [3.8, 4) is 11.4 Å². The van der Waals surface area contributed by atoms with Crippen LogP contribution in [0.5, 0.6) is 0 Å². The second kappa shape index (κ2) is 4.35. The molecule has 0 aliphatic carbocycles. The van der Waals surface area contributed by atoms with E-state index in [4.69, 9.17) is 10.7 Å². The van der Waals surface area contributed by atoms with Crippen molar-refractivity contribution in [3.63, 3.8) is 0 Å². The molecule has 2 N–H and O–H groups in total. The summed E-state index contributed by atoms with van der Waals surface area (Å²) < 4.78 is 0. The summed E-state index contributed by atoms with van der Waals surface area (Å²) >= 11 is 0. The summed E-state index contributed by atoms with van der Waals surface area (Å²) in [5.41, 5.74) is 11.7. The van der Waals surface area contributed by atoms with E-state index in [1.54, 1.807) is 0 Å². The predicted octanol–water partition coefficient (Wildman–Crippen LogP) is 3.50. The van der Waals surface area contributed by atoms with Crippen LogP contribution in [0, 0.1) is 13.8 Å². The first-order chi connectivity index (χ1) is 9.16. The number of hydrogen-bond acceptors (Lipinski definition) is 3. The zero-order valence-corrected chi connectivity index (χ0v) is 11.0. The van der Waals surface area contributed by atoms with E-state index in [9.17, 15) is 0 Å². The maximum Gasteiger partial charge on any atom is 0.0943 e. The summed E-state index contributed by atoms with van der Waals surface area (Å²) in [7, 11) is 0. The molecule has 3 heteroatoms. The molecule has 0 aliphatic heterocycles. The van der Waals surface area contributed by atoms with E-state index in [-0.39, 0.29) is 0 Å². The van der Waals surface area contributed by atoms with Crippen molar-refractivity contribution in [1.29, 1.82) is 0 Å². The van der Waals surface area contributed by atoms with Gasteiger partial charge in [-0.1, -0.05) is 24.3 Å². The van der Waals surface area contributed by atoms with E-state index in [1.165, 1.54) is 0 Å². The van der Waals surface area contributed by atoms with E-state index in [1.807, 2.05) is 56.4 Å². The van der Waals surface area contributed by atoms with Gasteiger partial charge in [0.25, 0.3) is 0 Å². The van der Waals surface area contributed by atoms with Crippen LogP contribution in [0.1, 0.15) is 11.1 Å². The van der Waals surface area contributed by atoms with Crippen LogP contribution in [0.25, 0.3) is 22.3 Å². The number of fused-ring (bicyclic) bond motifs is 1. The molecule has 3 rings (SSSR count). The van der Waals surface area contributed by atoms with Crippen molar-refractivity contribution in [3.05, 3.63) is 53.7 Å². The Morgan fingerprint density at radius 1 is 1.00 bits per heavy atom. The number of nitrogen functional groups attached to an aromatic ring is 1. The molecule has 3 aromatic rings. The highest BCUT2D eigenvalue weighted by Crippen LogP contribution is 2.30. The predicted molar refractivity (Wildman–Crippen MR) is 78.9 cm³/mol. The van der Waals surface area contributed by atoms with Crippen LogP contribution in [0.3, 0.4) is 0 Å². The zero-order valence-electron chi connectivity index (χ0n) is 11.0. The number of hydrogen-bond donors (Lipinski definition) is 1. The van der Waals surface area contributed by atoms with Gasteiger partial charge in [0.15, 0.2) is 0 Å². The Morgan fingerprint density at radius 2 is 1.79 bits per heavy atom. The van der Waals surface area contributed by atoms with Crippen molar-refractivity contribution in [2.24, 2.45) is 0 Å². The fourth-order valence-corrected chi connectivity index (χ4v) is 2.19. The molecule has 0 atom stereocenters. The summed E-state index contributed by atoms with van der Waals surface area (Å²) in [6, 6.07) is 11.9. The zero-order chi connectivity index (χ0) is 13.4. The third-order valence-corrected chi connectivity index (χ3v) is 3.34. The number of rotatable bonds is 1. The van der Waals surface area contributed by atoms with Gasteiger partial charge in [0.05, 0.1) is 16.9 Å². The smallest absolute Gasteiger partial charge is 0.0943 e. The monoisotopic (exact) mass is 249 g/mol. The van der Waals surface area contributed by atoms with E-state index in [2.05, 4.69) is 4.98 Å². The highest BCUT2D eigenvalue weighted by atomic mass is 14.8. The van der Waals surface area contributed by atoms with Crippen molar-refractivity contribution in [2.75, 3.05) is 5.73 Å². The minimum atomic E-state index is 0.781. The fourth-order valence-electron chi connectivity index (χ4n) is 2.19. The Kier molecular flexibility index (Phi) is 2.67.